The monoisotopic (exact) mass is 298 g/mol. The predicted octanol–water partition coefficient (Wildman–Crippen LogP) is 3.86. The molecule has 1 rings (SSSR count). The lowest BCUT2D eigenvalue weighted by atomic mass is 10.2. The first kappa shape index (κ1) is 16.8. The highest BCUT2D eigenvalue weighted by molar-refractivity contribution is 6.18. The van der Waals surface area contributed by atoms with Crippen LogP contribution in [0.2, 0.25) is 0 Å². The topological polar surface area (TPSA) is 18.5 Å². The molecular formula is C16H20ClFO2. The fraction of sp³-hybridized carbons (Fsp3) is 0.500. The fourth-order valence-electron chi connectivity index (χ4n) is 1.43. The first-order valence-corrected chi connectivity index (χ1v) is 7.22. The average Bonchev–Trinajstić information content (AvgIpc) is 2.41. The second-order valence-electron chi connectivity index (χ2n) is 4.70. The average molecular weight is 299 g/mol. The molecule has 0 unspecified atom stereocenters. The Hall–Kier alpha value is -1.24. The summed E-state index contributed by atoms with van der Waals surface area (Å²) in [6.07, 6.45) is 0.609. The molecule has 0 saturated carbocycles. The van der Waals surface area contributed by atoms with Gasteiger partial charge in [-0.25, -0.2) is 4.39 Å². The van der Waals surface area contributed by atoms with Crippen molar-refractivity contribution >= 4 is 11.6 Å². The maximum atomic E-state index is 13.6. The van der Waals surface area contributed by atoms with Crippen LogP contribution in [0.5, 0.6) is 5.75 Å². The fourth-order valence-corrected chi connectivity index (χ4v) is 1.53. The summed E-state index contributed by atoms with van der Waals surface area (Å²) in [5, 5.41) is 0. The van der Waals surface area contributed by atoms with Crippen LogP contribution < -0.4 is 4.74 Å². The molecule has 0 atom stereocenters. The van der Waals surface area contributed by atoms with E-state index >= 15 is 0 Å². The lowest BCUT2D eigenvalue weighted by Gasteiger charge is -2.09. The van der Waals surface area contributed by atoms with Crippen LogP contribution in [-0.2, 0) is 4.74 Å². The van der Waals surface area contributed by atoms with Crippen molar-refractivity contribution < 1.29 is 13.9 Å². The highest BCUT2D eigenvalue weighted by Crippen LogP contribution is 2.18. The molecule has 110 valence electrons. The molecule has 1 aromatic rings. The van der Waals surface area contributed by atoms with E-state index in [1.807, 2.05) is 0 Å². The summed E-state index contributed by atoms with van der Waals surface area (Å²) in [5.41, 5.74) is 0.717. The van der Waals surface area contributed by atoms with Crippen molar-refractivity contribution in [2.75, 3.05) is 25.7 Å². The molecule has 0 radical (unpaired) electrons. The molecule has 0 aliphatic rings. The van der Waals surface area contributed by atoms with Crippen LogP contribution in [0.4, 0.5) is 4.39 Å². The summed E-state index contributed by atoms with van der Waals surface area (Å²) in [6, 6.07) is 4.58. The van der Waals surface area contributed by atoms with E-state index in [0.29, 0.717) is 38.0 Å². The molecule has 2 nitrogen and oxygen atoms in total. The standard InChI is InChI=1S/C16H20ClFO2/c1-13(2)12-19-9-10-20-16-11-14(5-3-4-8-17)6-7-15(16)18/h6-7,11,13H,4,8-10,12H2,1-2H3. The van der Waals surface area contributed by atoms with Gasteiger partial charge in [0.25, 0.3) is 0 Å². The Morgan fingerprint density at radius 3 is 2.80 bits per heavy atom. The SMILES string of the molecule is CC(C)COCCOc1cc(C#CCCCl)ccc1F. The minimum absolute atomic E-state index is 0.204. The molecule has 4 heteroatoms. The van der Waals surface area contributed by atoms with E-state index in [-0.39, 0.29) is 5.75 Å². The van der Waals surface area contributed by atoms with E-state index < -0.39 is 5.82 Å². The summed E-state index contributed by atoms with van der Waals surface area (Å²) in [5.74, 6) is 6.60. The Morgan fingerprint density at radius 1 is 1.30 bits per heavy atom. The second kappa shape index (κ2) is 9.63. The largest absolute Gasteiger partial charge is 0.488 e. The van der Waals surface area contributed by atoms with Crippen molar-refractivity contribution in [3.8, 4) is 17.6 Å². The summed E-state index contributed by atoms with van der Waals surface area (Å²) < 4.78 is 24.3. The van der Waals surface area contributed by atoms with Gasteiger partial charge in [0, 0.05) is 24.5 Å². The summed E-state index contributed by atoms with van der Waals surface area (Å²) >= 11 is 5.54. The number of alkyl halides is 1. The minimum Gasteiger partial charge on any atom is -0.488 e. The van der Waals surface area contributed by atoms with Crippen molar-refractivity contribution in [1.29, 1.82) is 0 Å². The smallest absolute Gasteiger partial charge is 0.165 e. The van der Waals surface area contributed by atoms with Crippen molar-refractivity contribution in [1.82, 2.24) is 0 Å². The van der Waals surface area contributed by atoms with Crippen LogP contribution in [0.25, 0.3) is 0 Å². The van der Waals surface area contributed by atoms with Gasteiger partial charge in [0.2, 0.25) is 0 Å². The van der Waals surface area contributed by atoms with Gasteiger partial charge in [-0.15, -0.1) is 11.6 Å². The van der Waals surface area contributed by atoms with Gasteiger partial charge >= 0.3 is 0 Å². The normalized spacial score (nSPS) is 10.2. The second-order valence-corrected chi connectivity index (χ2v) is 5.08. The summed E-state index contributed by atoms with van der Waals surface area (Å²) in [4.78, 5) is 0. The molecule has 0 amide bonds. The van der Waals surface area contributed by atoms with Gasteiger partial charge < -0.3 is 9.47 Å². The number of hydrogen-bond donors (Lipinski definition) is 0. The van der Waals surface area contributed by atoms with Gasteiger partial charge in [-0.2, -0.15) is 0 Å². The van der Waals surface area contributed by atoms with Crippen molar-refractivity contribution in [3.63, 3.8) is 0 Å². The van der Waals surface area contributed by atoms with Crippen molar-refractivity contribution in [3.05, 3.63) is 29.6 Å². The maximum absolute atomic E-state index is 13.6. The number of hydrogen-bond acceptors (Lipinski definition) is 2. The number of benzene rings is 1. The van der Waals surface area contributed by atoms with E-state index in [1.54, 1.807) is 12.1 Å². The lowest BCUT2D eigenvalue weighted by molar-refractivity contribution is 0.0808. The molecular weight excluding hydrogens is 279 g/mol. The van der Waals surface area contributed by atoms with Gasteiger partial charge in [0.15, 0.2) is 11.6 Å². The molecule has 20 heavy (non-hydrogen) atoms. The summed E-state index contributed by atoms with van der Waals surface area (Å²) in [7, 11) is 0. The molecule has 0 aromatic heterocycles. The van der Waals surface area contributed by atoms with Crippen LogP contribution in [0, 0.1) is 23.6 Å². The van der Waals surface area contributed by atoms with Crippen LogP contribution >= 0.6 is 11.6 Å². The number of halogens is 2. The highest BCUT2D eigenvalue weighted by Gasteiger charge is 2.04. The molecule has 1 aromatic carbocycles. The van der Waals surface area contributed by atoms with Crippen molar-refractivity contribution in [2.45, 2.75) is 20.3 Å². The third kappa shape index (κ3) is 6.79. The van der Waals surface area contributed by atoms with Gasteiger partial charge in [-0.1, -0.05) is 25.7 Å². The van der Waals surface area contributed by atoms with E-state index in [0.717, 1.165) is 5.56 Å². The zero-order valence-corrected chi connectivity index (χ0v) is 12.7. The molecule has 0 aliphatic heterocycles. The predicted molar refractivity (Wildman–Crippen MR) is 79.8 cm³/mol. The third-order valence-electron chi connectivity index (χ3n) is 2.32. The van der Waals surface area contributed by atoms with Gasteiger partial charge in [0.05, 0.1) is 6.61 Å². The van der Waals surface area contributed by atoms with Crippen LogP contribution in [-0.4, -0.2) is 25.7 Å². The Labute approximate surface area is 125 Å². The molecule has 0 aliphatic carbocycles. The molecule has 0 N–H and O–H groups in total. The Bertz CT molecular complexity index is 463. The molecule has 0 fully saturated rings. The highest BCUT2D eigenvalue weighted by atomic mass is 35.5. The maximum Gasteiger partial charge on any atom is 0.165 e. The number of ether oxygens (including phenoxy) is 2. The van der Waals surface area contributed by atoms with Gasteiger partial charge in [0.1, 0.15) is 6.61 Å². The molecule has 0 saturated heterocycles. The van der Waals surface area contributed by atoms with Crippen LogP contribution in [0.15, 0.2) is 18.2 Å². The quantitative estimate of drug-likeness (QED) is 0.432. The first-order valence-electron chi connectivity index (χ1n) is 6.68. The van der Waals surface area contributed by atoms with Gasteiger partial charge in [-0.3, -0.25) is 0 Å². The van der Waals surface area contributed by atoms with Gasteiger partial charge in [-0.05, 0) is 24.1 Å². The zero-order chi connectivity index (χ0) is 14.8. The summed E-state index contributed by atoms with van der Waals surface area (Å²) in [6.45, 7) is 5.59. The third-order valence-corrected chi connectivity index (χ3v) is 2.51. The Kier molecular flexibility index (Phi) is 8.10. The first-order chi connectivity index (χ1) is 9.63. The lowest BCUT2D eigenvalue weighted by Crippen LogP contribution is -2.10. The van der Waals surface area contributed by atoms with E-state index in [2.05, 4.69) is 25.7 Å². The minimum atomic E-state index is -0.392. The van der Waals surface area contributed by atoms with E-state index in [4.69, 9.17) is 21.1 Å². The Balaban J connectivity index is 2.48. The van der Waals surface area contributed by atoms with Crippen molar-refractivity contribution in [2.24, 2.45) is 5.92 Å². The van der Waals surface area contributed by atoms with E-state index in [9.17, 15) is 4.39 Å². The van der Waals surface area contributed by atoms with Crippen LogP contribution in [0.3, 0.4) is 0 Å². The number of rotatable bonds is 7. The molecule has 0 spiro atoms. The molecule has 0 heterocycles. The Morgan fingerprint density at radius 2 is 2.10 bits per heavy atom. The van der Waals surface area contributed by atoms with E-state index in [1.165, 1.54) is 6.07 Å². The zero-order valence-electron chi connectivity index (χ0n) is 11.9. The molecule has 0 bridgehead atoms. The van der Waals surface area contributed by atoms with Crippen LogP contribution in [0.1, 0.15) is 25.8 Å².